The SMILES string of the molecule is Cn1c(=O)n(C)c2cc(NC(=O)C3CCN(S(=O)(=O)Cc4cccc(Cl)c4)CC3)ccc21. The van der Waals surface area contributed by atoms with Gasteiger partial charge in [-0.15, -0.1) is 0 Å². The van der Waals surface area contributed by atoms with Crippen LogP contribution in [0.3, 0.4) is 0 Å². The largest absolute Gasteiger partial charge is 0.328 e. The van der Waals surface area contributed by atoms with Crippen molar-refractivity contribution in [2.45, 2.75) is 18.6 Å². The van der Waals surface area contributed by atoms with Gasteiger partial charge in [-0.25, -0.2) is 17.5 Å². The van der Waals surface area contributed by atoms with E-state index >= 15 is 0 Å². The van der Waals surface area contributed by atoms with Crippen molar-refractivity contribution >= 4 is 44.3 Å². The molecule has 1 amide bonds. The number of rotatable bonds is 5. The van der Waals surface area contributed by atoms with E-state index in [1.54, 1.807) is 61.1 Å². The topological polar surface area (TPSA) is 93.4 Å². The molecule has 0 bridgehead atoms. The van der Waals surface area contributed by atoms with E-state index < -0.39 is 10.0 Å². The molecule has 1 aliphatic rings. The van der Waals surface area contributed by atoms with E-state index in [9.17, 15) is 18.0 Å². The molecule has 3 aromatic rings. The van der Waals surface area contributed by atoms with Crippen LogP contribution < -0.4 is 11.0 Å². The number of carbonyl (C=O) groups is 1. The average Bonchev–Trinajstić information content (AvgIpc) is 2.97. The van der Waals surface area contributed by atoms with Gasteiger partial charge in [-0.2, -0.15) is 0 Å². The Kier molecular flexibility index (Phi) is 6.15. The standard InChI is InChI=1S/C22H25ClN4O4S/c1-25-19-7-6-18(13-20(19)26(2)22(25)29)24-21(28)16-8-10-27(11-9-16)32(30,31)14-15-4-3-5-17(23)12-15/h3-7,12-13,16H,8-11,14H2,1-2H3,(H,24,28). The molecular formula is C22H25ClN4O4S. The number of sulfonamides is 1. The number of piperidine rings is 1. The van der Waals surface area contributed by atoms with Crippen LogP contribution in [-0.2, 0) is 34.7 Å². The predicted octanol–water partition coefficient (Wildman–Crippen LogP) is 2.71. The van der Waals surface area contributed by atoms with E-state index in [2.05, 4.69) is 5.32 Å². The smallest absolute Gasteiger partial charge is 0.326 e. The van der Waals surface area contributed by atoms with Gasteiger partial charge in [-0.05, 0) is 48.7 Å². The number of imidazole rings is 1. The van der Waals surface area contributed by atoms with Crippen LogP contribution in [0.2, 0.25) is 5.02 Å². The summed E-state index contributed by atoms with van der Waals surface area (Å²) in [5.74, 6) is -0.527. The molecule has 0 atom stereocenters. The number of hydrogen-bond donors (Lipinski definition) is 1. The first-order chi connectivity index (χ1) is 15.2. The van der Waals surface area contributed by atoms with Crippen LogP contribution >= 0.6 is 11.6 Å². The second-order valence-electron chi connectivity index (χ2n) is 8.15. The maximum atomic E-state index is 12.8. The molecule has 1 aromatic heterocycles. The lowest BCUT2D eigenvalue weighted by Gasteiger charge is -2.30. The Bertz CT molecular complexity index is 1340. The summed E-state index contributed by atoms with van der Waals surface area (Å²) in [6.07, 6.45) is 0.902. The molecule has 10 heteroatoms. The fraction of sp³-hybridized carbons (Fsp3) is 0.364. The summed E-state index contributed by atoms with van der Waals surface area (Å²) < 4.78 is 30.1. The van der Waals surface area contributed by atoms with E-state index in [4.69, 9.17) is 11.6 Å². The lowest BCUT2D eigenvalue weighted by Crippen LogP contribution is -2.41. The molecule has 1 N–H and O–H groups in total. The first-order valence-electron chi connectivity index (χ1n) is 10.3. The molecule has 170 valence electrons. The summed E-state index contributed by atoms with van der Waals surface area (Å²) in [5.41, 5.74) is 2.64. The Hall–Kier alpha value is -2.62. The second kappa shape index (κ2) is 8.73. The Morgan fingerprint density at radius 1 is 1.06 bits per heavy atom. The summed E-state index contributed by atoms with van der Waals surface area (Å²) in [7, 11) is -0.0879. The van der Waals surface area contributed by atoms with Gasteiger partial charge in [0.2, 0.25) is 15.9 Å². The van der Waals surface area contributed by atoms with Crippen LogP contribution in [0.25, 0.3) is 11.0 Å². The highest BCUT2D eigenvalue weighted by molar-refractivity contribution is 7.88. The number of fused-ring (bicyclic) bond motifs is 1. The molecule has 0 aliphatic carbocycles. The molecule has 0 spiro atoms. The van der Waals surface area contributed by atoms with E-state index in [1.807, 2.05) is 0 Å². The van der Waals surface area contributed by atoms with E-state index in [0.717, 1.165) is 11.0 Å². The molecule has 8 nitrogen and oxygen atoms in total. The quantitative estimate of drug-likeness (QED) is 0.612. The molecule has 1 aliphatic heterocycles. The van der Waals surface area contributed by atoms with Gasteiger partial charge in [-0.3, -0.25) is 13.9 Å². The van der Waals surface area contributed by atoms with Gasteiger partial charge < -0.3 is 5.32 Å². The highest BCUT2D eigenvalue weighted by Gasteiger charge is 2.31. The number of aromatic nitrogens is 2. The molecule has 0 unspecified atom stereocenters. The number of amides is 1. The van der Waals surface area contributed by atoms with Crippen molar-refractivity contribution in [2.24, 2.45) is 20.0 Å². The third-order valence-electron chi connectivity index (χ3n) is 6.00. The summed E-state index contributed by atoms with van der Waals surface area (Å²) in [4.78, 5) is 24.9. The molecule has 32 heavy (non-hydrogen) atoms. The van der Waals surface area contributed by atoms with Gasteiger partial charge in [-0.1, -0.05) is 23.7 Å². The minimum Gasteiger partial charge on any atom is -0.326 e. The zero-order chi connectivity index (χ0) is 23.0. The Morgan fingerprint density at radius 2 is 1.75 bits per heavy atom. The van der Waals surface area contributed by atoms with Crippen LogP contribution in [-0.4, -0.2) is 40.9 Å². The molecule has 4 rings (SSSR count). The van der Waals surface area contributed by atoms with Gasteiger partial charge >= 0.3 is 5.69 Å². The molecule has 0 saturated carbocycles. The van der Waals surface area contributed by atoms with E-state index in [-0.39, 0.29) is 23.3 Å². The summed E-state index contributed by atoms with van der Waals surface area (Å²) in [6.45, 7) is 0.598. The number of nitrogens with zero attached hydrogens (tertiary/aromatic N) is 3. The summed E-state index contributed by atoms with van der Waals surface area (Å²) in [6, 6.07) is 12.2. The molecule has 2 aromatic carbocycles. The van der Waals surface area contributed by atoms with E-state index in [0.29, 0.717) is 42.2 Å². The molecule has 1 saturated heterocycles. The highest BCUT2D eigenvalue weighted by Crippen LogP contribution is 2.25. The van der Waals surface area contributed by atoms with Crippen LogP contribution in [0.15, 0.2) is 47.3 Å². The minimum atomic E-state index is -3.48. The van der Waals surface area contributed by atoms with Crippen molar-refractivity contribution in [3.05, 3.63) is 63.5 Å². The number of benzene rings is 2. The number of aryl methyl sites for hydroxylation is 2. The first kappa shape index (κ1) is 22.6. The molecular weight excluding hydrogens is 452 g/mol. The van der Waals surface area contributed by atoms with Crippen LogP contribution in [0, 0.1) is 5.92 Å². The number of anilines is 1. The van der Waals surface area contributed by atoms with Crippen LogP contribution in [0.5, 0.6) is 0 Å². The zero-order valence-electron chi connectivity index (χ0n) is 17.9. The minimum absolute atomic E-state index is 0.111. The number of halogens is 1. The van der Waals surface area contributed by atoms with Gasteiger partial charge in [0, 0.05) is 43.8 Å². The van der Waals surface area contributed by atoms with Crippen molar-refractivity contribution < 1.29 is 13.2 Å². The number of carbonyl (C=O) groups excluding carboxylic acids is 1. The van der Waals surface area contributed by atoms with Crippen LogP contribution in [0.4, 0.5) is 5.69 Å². The fourth-order valence-electron chi connectivity index (χ4n) is 4.15. The van der Waals surface area contributed by atoms with Crippen molar-refractivity contribution in [3.8, 4) is 0 Å². The third kappa shape index (κ3) is 4.46. The third-order valence-corrected chi connectivity index (χ3v) is 8.08. The fourth-order valence-corrected chi connectivity index (χ4v) is 5.92. The molecule has 2 heterocycles. The second-order valence-corrected chi connectivity index (χ2v) is 10.6. The number of hydrogen-bond acceptors (Lipinski definition) is 4. The predicted molar refractivity (Wildman–Crippen MR) is 125 cm³/mol. The Labute approximate surface area is 191 Å². The maximum Gasteiger partial charge on any atom is 0.328 e. The normalized spacial score (nSPS) is 15.8. The van der Waals surface area contributed by atoms with Gasteiger partial charge in [0.1, 0.15) is 0 Å². The Morgan fingerprint density at radius 3 is 2.44 bits per heavy atom. The first-order valence-corrected chi connectivity index (χ1v) is 12.3. The summed E-state index contributed by atoms with van der Waals surface area (Å²) >= 11 is 5.96. The van der Waals surface area contributed by atoms with Gasteiger partial charge in [0.25, 0.3) is 0 Å². The monoisotopic (exact) mass is 476 g/mol. The Balaban J connectivity index is 1.39. The highest BCUT2D eigenvalue weighted by atomic mass is 35.5. The van der Waals surface area contributed by atoms with Crippen molar-refractivity contribution in [3.63, 3.8) is 0 Å². The molecule has 1 fully saturated rings. The lowest BCUT2D eigenvalue weighted by atomic mass is 9.97. The number of nitrogens with one attached hydrogen (secondary N) is 1. The van der Waals surface area contributed by atoms with Crippen molar-refractivity contribution in [1.29, 1.82) is 0 Å². The van der Waals surface area contributed by atoms with Gasteiger partial charge in [0.05, 0.1) is 16.8 Å². The van der Waals surface area contributed by atoms with Crippen LogP contribution in [0.1, 0.15) is 18.4 Å². The van der Waals surface area contributed by atoms with E-state index in [1.165, 1.54) is 8.87 Å². The maximum absolute atomic E-state index is 12.8. The average molecular weight is 477 g/mol. The lowest BCUT2D eigenvalue weighted by molar-refractivity contribution is -0.120. The zero-order valence-corrected chi connectivity index (χ0v) is 19.5. The van der Waals surface area contributed by atoms with Crippen molar-refractivity contribution in [2.75, 3.05) is 18.4 Å². The van der Waals surface area contributed by atoms with Crippen molar-refractivity contribution in [1.82, 2.24) is 13.4 Å². The summed E-state index contributed by atoms with van der Waals surface area (Å²) in [5, 5.41) is 3.41. The molecule has 0 radical (unpaired) electrons. The van der Waals surface area contributed by atoms with Gasteiger partial charge in [0.15, 0.2) is 0 Å².